The molecule has 1 aromatic heterocycles. The van der Waals surface area contributed by atoms with Gasteiger partial charge in [0.2, 0.25) is 0 Å². The number of imidazole rings is 1. The van der Waals surface area contributed by atoms with Crippen molar-refractivity contribution >= 4 is 17.7 Å². The van der Waals surface area contributed by atoms with Gasteiger partial charge >= 0.3 is 5.97 Å². The van der Waals surface area contributed by atoms with E-state index in [0.29, 0.717) is 0 Å². The third-order valence-corrected chi connectivity index (χ3v) is 3.67. The van der Waals surface area contributed by atoms with Crippen molar-refractivity contribution in [1.29, 1.82) is 0 Å². The number of carbonyl (C=O) groups is 1. The lowest BCUT2D eigenvalue weighted by molar-refractivity contribution is -0.133. The van der Waals surface area contributed by atoms with Crippen LogP contribution in [0.5, 0.6) is 0 Å². The van der Waals surface area contributed by atoms with E-state index in [-0.39, 0.29) is 16.7 Å². The molecule has 4 nitrogen and oxygen atoms in total. The second kappa shape index (κ2) is 5.57. The van der Waals surface area contributed by atoms with E-state index >= 15 is 0 Å². The number of carboxylic acids is 1. The zero-order valence-electron chi connectivity index (χ0n) is 12.6. The number of hydrogen-bond donors (Lipinski definition) is 1. The first-order valence-electron chi connectivity index (χ1n) is 6.42. The predicted molar refractivity (Wildman–Crippen MR) is 78.7 cm³/mol. The summed E-state index contributed by atoms with van der Waals surface area (Å²) in [5, 5.41) is 9.59. The fourth-order valence-corrected chi connectivity index (χ4v) is 3.42. The summed E-state index contributed by atoms with van der Waals surface area (Å²) in [5.74, 6) is -0.770. The Hall–Kier alpha value is -0.970. The Kier molecular flexibility index (Phi) is 4.72. The van der Waals surface area contributed by atoms with Crippen LogP contribution in [0, 0.1) is 12.3 Å². The van der Waals surface area contributed by atoms with Crippen LogP contribution in [0.3, 0.4) is 0 Å². The third kappa shape index (κ3) is 4.90. The highest BCUT2D eigenvalue weighted by Gasteiger charge is 2.29. The van der Waals surface area contributed by atoms with Gasteiger partial charge < -0.3 is 9.67 Å². The minimum atomic E-state index is -0.814. The number of carboxylic acid groups (broad SMARTS) is 1. The van der Waals surface area contributed by atoms with E-state index in [1.165, 1.54) is 11.8 Å². The van der Waals surface area contributed by atoms with Gasteiger partial charge in [0.25, 0.3) is 0 Å². The Morgan fingerprint density at radius 3 is 2.42 bits per heavy atom. The van der Waals surface area contributed by atoms with Gasteiger partial charge in [0.1, 0.15) is 0 Å². The Morgan fingerprint density at radius 1 is 1.37 bits per heavy atom. The molecule has 0 radical (unpaired) electrons. The quantitative estimate of drug-likeness (QED) is 0.840. The molecule has 0 amide bonds. The van der Waals surface area contributed by atoms with E-state index in [0.717, 1.165) is 17.3 Å². The third-order valence-electron chi connectivity index (χ3n) is 2.73. The van der Waals surface area contributed by atoms with Crippen LogP contribution in [-0.2, 0) is 10.3 Å². The molecule has 19 heavy (non-hydrogen) atoms. The first kappa shape index (κ1) is 16.1. The molecule has 1 N–H and O–H groups in total. The molecular weight excluding hydrogens is 260 g/mol. The van der Waals surface area contributed by atoms with Crippen LogP contribution in [0.4, 0.5) is 0 Å². The summed E-state index contributed by atoms with van der Waals surface area (Å²) in [6.07, 6.45) is 3.01. The van der Waals surface area contributed by atoms with Gasteiger partial charge in [0.15, 0.2) is 5.16 Å². The highest BCUT2D eigenvalue weighted by molar-refractivity contribution is 7.99. The van der Waals surface area contributed by atoms with Crippen molar-refractivity contribution in [2.24, 2.45) is 5.41 Å². The maximum absolute atomic E-state index is 10.7. The summed E-state index contributed by atoms with van der Waals surface area (Å²) in [6.45, 7) is 12.9. The molecule has 0 atom stereocenters. The molecule has 5 heteroatoms. The number of hydrogen-bond acceptors (Lipinski definition) is 3. The Labute approximate surface area is 119 Å². The summed E-state index contributed by atoms with van der Waals surface area (Å²) in [7, 11) is 0. The van der Waals surface area contributed by atoms with Gasteiger partial charge in [-0.2, -0.15) is 0 Å². The van der Waals surface area contributed by atoms with Gasteiger partial charge in [-0.15, -0.1) is 0 Å². The second-order valence-electron chi connectivity index (χ2n) is 6.77. The van der Waals surface area contributed by atoms with Crippen molar-refractivity contribution in [2.75, 3.05) is 5.75 Å². The summed E-state index contributed by atoms with van der Waals surface area (Å²) in [4.78, 5) is 15.2. The van der Waals surface area contributed by atoms with Gasteiger partial charge in [-0.1, -0.05) is 32.5 Å². The number of aliphatic carboxylic acids is 1. The minimum Gasteiger partial charge on any atom is -0.481 e. The lowest BCUT2D eigenvalue weighted by Crippen LogP contribution is -2.31. The molecule has 108 valence electrons. The SMILES string of the molecule is Cc1cn(C(C)(C)CC(C)(C)C)c(SCC(=O)O)n1. The smallest absolute Gasteiger partial charge is 0.313 e. The predicted octanol–water partition coefficient (Wildman–Crippen LogP) is 3.54. The van der Waals surface area contributed by atoms with Crippen molar-refractivity contribution in [3.63, 3.8) is 0 Å². The van der Waals surface area contributed by atoms with Crippen LogP contribution in [-0.4, -0.2) is 26.4 Å². The Balaban J connectivity index is 3.01. The first-order valence-corrected chi connectivity index (χ1v) is 7.41. The Bertz CT molecular complexity index is 459. The van der Waals surface area contributed by atoms with Gasteiger partial charge in [0, 0.05) is 11.7 Å². The zero-order chi connectivity index (χ0) is 14.8. The van der Waals surface area contributed by atoms with Crippen LogP contribution < -0.4 is 0 Å². The van der Waals surface area contributed by atoms with Crippen LogP contribution in [0.25, 0.3) is 0 Å². The molecule has 1 heterocycles. The number of rotatable bonds is 5. The standard InChI is InChI=1S/C14H24N2O2S/c1-10-7-16(12(15-10)19-8-11(17)18)14(5,6)9-13(2,3)4/h7H,8-9H2,1-6H3,(H,17,18). The molecule has 0 aliphatic carbocycles. The van der Waals surface area contributed by atoms with Crippen molar-refractivity contribution in [3.05, 3.63) is 11.9 Å². The lowest BCUT2D eigenvalue weighted by atomic mass is 9.81. The van der Waals surface area contributed by atoms with Crippen molar-refractivity contribution in [3.8, 4) is 0 Å². The normalized spacial score (nSPS) is 12.7. The van der Waals surface area contributed by atoms with Crippen LogP contribution >= 0.6 is 11.8 Å². The second-order valence-corrected chi connectivity index (χ2v) is 7.71. The summed E-state index contributed by atoms with van der Waals surface area (Å²) >= 11 is 1.28. The van der Waals surface area contributed by atoms with Crippen molar-refractivity contribution < 1.29 is 9.90 Å². The molecule has 1 rings (SSSR count). The van der Waals surface area contributed by atoms with Gasteiger partial charge in [-0.05, 0) is 32.6 Å². The topological polar surface area (TPSA) is 55.1 Å². The number of aryl methyl sites for hydroxylation is 1. The molecule has 1 aromatic rings. The molecule has 0 saturated heterocycles. The highest BCUT2D eigenvalue weighted by Crippen LogP contribution is 2.35. The van der Waals surface area contributed by atoms with E-state index in [1.54, 1.807) is 0 Å². The molecule has 0 aromatic carbocycles. The van der Waals surface area contributed by atoms with E-state index < -0.39 is 5.97 Å². The Morgan fingerprint density at radius 2 is 1.95 bits per heavy atom. The van der Waals surface area contributed by atoms with Crippen molar-refractivity contribution in [2.45, 2.75) is 58.7 Å². The largest absolute Gasteiger partial charge is 0.481 e. The van der Waals surface area contributed by atoms with E-state index in [4.69, 9.17) is 5.11 Å². The molecule has 0 unspecified atom stereocenters. The van der Waals surface area contributed by atoms with Gasteiger partial charge in [0.05, 0.1) is 11.4 Å². The van der Waals surface area contributed by atoms with Crippen LogP contribution in [0.1, 0.15) is 46.7 Å². The fraction of sp³-hybridized carbons (Fsp3) is 0.714. The molecular formula is C14H24N2O2S. The molecule has 0 fully saturated rings. The number of aromatic nitrogens is 2. The summed E-state index contributed by atoms with van der Waals surface area (Å²) in [6, 6.07) is 0. The maximum atomic E-state index is 10.7. The van der Waals surface area contributed by atoms with Gasteiger partial charge in [-0.3, -0.25) is 4.79 Å². The monoisotopic (exact) mass is 284 g/mol. The van der Waals surface area contributed by atoms with E-state index in [2.05, 4.69) is 44.2 Å². The van der Waals surface area contributed by atoms with E-state index in [9.17, 15) is 4.79 Å². The summed E-state index contributed by atoms with van der Waals surface area (Å²) < 4.78 is 2.11. The molecule has 0 spiro atoms. The average Bonchev–Trinajstić information content (AvgIpc) is 2.53. The average molecular weight is 284 g/mol. The highest BCUT2D eigenvalue weighted by atomic mass is 32.2. The first-order chi connectivity index (χ1) is 8.51. The minimum absolute atomic E-state index is 0.0437. The molecule has 0 saturated carbocycles. The summed E-state index contributed by atoms with van der Waals surface area (Å²) in [5.41, 5.74) is 1.05. The van der Waals surface area contributed by atoms with Crippen molar-refractivity contribution in [1.82, 2.24) is 9.55 Å². The van der Waals surface area contributed by atoms with Crippen LogP contribution in [0.15, 0.2) is 11.4 Å². The zero-order valence-corrected chi connectivity index (χ0v) is 13.5. The maximum Gasteiger partial charge on any atom is 0.313 e. The molecule has 0 bridgehead atoms. The lowest BCUT2D eigenvalue weighted by Gasteiger charge is -2.34. The van der Waals surface area contributed by atoms with Crippen LogP contribution in [0.2, 0.25) is 0 Å². The molecule has 0 aliphatic heterocycles. The van der Waals surface area contributed by atoms with Gasteiger partial charge in [-0.25, -0.2) is 4.98 Å². The van der Waals surface area contributed by atoms with E-state index in [1.807, 2.05) is 13.1 Å². The fourth-order valence-electron chi connectivity index (χ4n) is 2.52. The number of nitrogens with zero attached hydrogens (tertiary/aromatic N) is 2. The number of thioether (sulfide) groups is 1. The molecule has 0 aliphatic rings.